The lowest BCUT2D eigenvalue weighted by molar-refractivity contribution is 0.235. The van der Waals surface area contributed by atoms with E-state index in [1.54, 1.807) is 24.3 Å². The van der Waals surface area contributed by atoms with E-state index >= 15 is 0 Å². The number of rotatable bonds is 4. The van der Waals surface area contributed by atoms with Crippen LogP contribution in [-0.2, 0) is 20.7 Å². The van der Waals surface area contributed by atoms with Crippen LogP contribution >= 0.6 is 23.2 Å². The maximum atomic E-state index is 12.5. The first-order valence-electron chi connectivity index (χ1n) is 9.36. The van der Waals surface area contributed by atoms with Crippen LogP contribution in [0.2, 0.25) is 10.0 Å². The van der Waals surface area contributed by atoms with Gasteiger partial charge in [0.25, 0.3) is 10.1 Å². The summed E-state index contributed by atoms with van der Waals surface area (Å²) in [7, 11) is -2.71. The van der Waals surface area contributed by atoms with Gasteiger partial charge < -0.3 is 4.74 Å². The fraction of sp³-hybridized carbons (Fsp3) is 0.217. The molecule has 3 aromatic rings. The minimum atomic E-state index is -3.87. The summed E-state index contributed by atoms with van der Waals surface area (Å²) in [5.41, 5.74) is 5.18. The number of hydrogen-bond donors (Lipinski definition) is 0. The second kappa shape index (κ2) is 7.89. The molecule has 1 atom stereocenters. The van der Waals surface area contributed by atoms with Crippen molar-refractivity contribution in [1.29, 1.82) is 0 Å². The number of halogens is 2. The Kier molecular flexibility index (Phi) is 5.58. The summed E-state index contributed by atoms with van der Waals surface area (Å²) in [5.74, 6) is 0.692. The van der Waals surface area contributed by atoms with Gasteiger partial charge >= 0.3 is 0 Å². The number of aryl methyl sites for hydroxylation is 2. The highest BCUT2D eigenvalue weighted by Crippen LogP contribution is 2.47. The first-order chi connectivity index (χ1) is 14.2. The number of benzene rings is 3. The van der Waals surface area contributed by atoms with E-state index in [-0.39, 0.29) is 4.90 Å². The Balaban J connectivity index is 1.84. The molecule has 1 unspecified atom stereocenters. The highest BCUT2D eigenvalue weighted by atomic mass is 35.5. The van der Waals surface area contributed by atoms with Crippen LogP contribution in [0.5, 0.6) is 5.75 Å². The minimum Gasteiger partial charge on any atom is -0.484 e. The van der Waals surface area contributed by atoms with Gasteiger partial charge in [0.05, 0.1) is 7.11 Å². The first-order valence-corrected chi connectivity index (χ1v) is 11.5. The van der Waals surface area contributed by atoms with E-state index in [9.17, 15) is 8.42 Å². The number of fused-ring (bicyclic) bond motifs is 1. The third-order valence-corrected chi connectivity index (χ3v) is 7.11. The molecule has 0 N–H and O–H groups in total. The second-order valence-corrected chi connectivity index (χ2v) is 9.92. The zero-order chi connectivity index (χ0) is 21.6. The molecule has 0 aliphatic carbocycles. The van der Waals surface area contributed by atoms with Gasteiger partial charge in [-0.05, 0) is 55.3 Å². The van der Waals surface area contributed by atoms with Crippen molar-refractivity contribution in [2.75, 3.05) is 7.11 Å². The highest BCUT2D eigenvalue weighted by Gasteiger charge is 2.32. The molecule has 3 aromatic carbocycles. The van der Waals surface area contributed by atoms with Crippen molar-refractivity contribution in [2.45, 2.75) is 31.3 Å². The Labute approximate surface area is 186 Å². The van der Waals surface area contributed by atoms with Gasteiger partial charge in [-0.15, -0.1) is 0 Å². The molecule has 0 amide bonds. The van der Waals surface area contributed by atoms with E-state index in [2.05, 4.69) is 6.07 Å². The van der Waals surface area contributed by atoms with Gasteiger partial charge in [-0.2, -0.15) is 8.42 Å². The summed E-state index contributed by atoms with van der Waals surface area (Å²) in [4.78, 5) is 0.118. The van der Waals surface area contributed by atoms with Crippen molar-refractivity contribution >= 4 is 33.3 Å². The minimum absolute atomic E-state index is 0.118. The summed E-state index contributed by atoms with van der Waals surface area (Å²) in [6.45, 7) is 3.92. The van der Waals surface area contributed by atoms with Crippen molar-refractivity contribution in [3.8, 4) is 16.9 Å². The van der Waals surface area contributed by atoms with E-state index in [4.69, 9.17) is 32.1 Å². The second-order valence-electron chi connectivity index (χ2n) is 7.40. The predicted octanol–water partition coefficient (Wildman–Crippen LogP) is 6.29. The van der Waals surface area contributed by atoms with Crippen LogP contribution in [0.25, 0.3) is 11.1 Å². The Bertz CT molecular complexity index is 1250. The van der Waals surface area contributed by atoms with Gasteiger partial charge in [-0.3, -0.25) is 4.18 Å². The maximum absolute atomic E-state index is 12.5. The van der Waals surface area contributed by atoms with Gasteiger partial charge in [0.15, 0.2) is 0 Å². The topological polar surface area (TPSA) is 52.6 Å². The average molecular weight is 463 g/mol. The molecule has 1 aliphatic heterocycles. The van der Waals surface area contributed by atoms with Crippen molar-refractivity contribution < 1.29 is 17.3 Å². The van der Waals surface area contributed by atoms with Crippen molar-refractivity contribution in [3.05, 3.63) is 80.8 Å². The molecule has 4 rings (SSSR count). The molecule has 0 saturated carbocycles. The highest BCUT2D eigenvalue weighted by molar-refractivity contribution is 7.86. The normalized spacial score (nSPS) is 15.7. The molecule has 1 heterocycles. The lowest BCUT2D eigenvalue weighted by Crippen LogP contribution is -2.12. The van der Waals surface area contributed by atoms with Crippen molar-refractivity contribution in [1.82, 2.24) is 0 Å². The summed E-state index contributed by atoms with van der Waals surface area (Å²) in [6, 6.07) is 14.5. The third kappa shape index (κ3) is 3.83. The van der Waals surface area contributed by atoms with Gasteiger partial charge in [-0.1, -0.05) is 47.0 Å². The summed E-state index contributed by atoms with van der Waals surface area (Å²) in [5, 5.41) is 1.14. The maximum Gasteiger partial charge on any atom is 0.297 e. The van der Waals surface area contributed by atoms with E-state index in [1.165, 1.54) is 0 Å². The number of hydrogen-bond acceptors (Lipinski definition) is 4. The molecule has 1 aliphatic rings. The van der Waals surface area contributed by atoms with Crippen LogP contribution in [0.1, 0.15) is 28.4 Å². The molecule has 0 spiro atoms. The van der Waals surface area contributed by atoms with E-state index < -0.39 is 16.2 Å². The van der Waals surface area contributed by atoms with Crippen LogP contribution in [0.3, 0.4) is 0 Å². The van der Waals surface area contributed by atoms with Crippen molar-refractivity contribution in [3.63, 3.8) is 0 Å². The zero-order valence-corrected chi connectivity index (χ0v) is 19.0. The third-order valence-electron chi connectivity index (χ3n) is 5.20. The van der Waals surface area contributed by atoms with E-state index in [0.29, 0.717) is 27.8 Å². The van der Waals surface area contributed by atoms with Crippen LogP contribution in [-0.4, -0.2) is 15.5 Å². The Hall–Kier alpha value is -2.05. The van der Waals surface area contributed by atoms with Crippen LogP contribution in [0.4, 0.5) is 0 Å². The van der Waals surface area contributed by atoms with Gasteiger partial charge in [0, 0.05) is 33.2 Å². The smallest absolute Gasteiger partial charge is 0.297 e. The number of ether oxygens (including phenoxy) is 1. The Morgan fingerprint density at radius 3 is 2.47 bits per heavy atom. The summed E-state index contributed by atoms with van der Waals surface area (Å²) >= 11 is 12.7. The molecule has 0 bridgehead atoms. The molecule has 30 heavy (non-hydrogen) atoms. The van der Waals surface area contributed by atoms with Crippen LogP contribution < -0.4 is 4.74 Å². The summed E-state index contributed by atoms with van der Waals surface area (Å²) < 4.78 is 36.1. The molecular formula is C23H20Cl2O4S. The predicted molar refractivity (Wildman–Crippen MR) is 119 cm³/mol. The largest absolute Gasteiger partial charge is 0.484 e. The lowest BCUT2D eigenvalue weighted by Gasteiger charge is -2.17. The van der Waals surface area contributed by atoms with Gasteiger partial charge in [0.1, 0.15) is 16.7 Å². The van der Waals surface area contributed by atoms with Gasteiger partial charge in [0.2, 0.25) is 0 Å². The lowest BCUT2D eigenvalue weighted by atomic mass is 9.96. The van der Waals surface area contributed by atoms with Crippen molar-refractivity contribution in [2.24, 2.45) is 0 Å². The first kappa shape index (κ1) is 21.2. The molecule has 0 fully saturated rings. The van der Waals surface area contributed by atoms with Crippen LogP contribution in [0, 0.1) is 13.8 Å². The standard InChI is InChI=1S/C23H20Cl2O4S/c1-13-4-7-22(30(26,27)28-3)19(9-13)21-11-15-8-14(2)10-18(23(15)29-21)17-12-16(24)5-6-20(17)25/h4-10,12,21H,11H2,1-3H3. The monoisotopic (exact) mass is 462 g/mol. The van der Waals surface area contributed by atoms with E-state index in [0.717, 1.165) is 34.9 Å². The fourth-order valence-electron chi connectivity index (χ4n) is 3.84. The van der Waals surface area contributed by atoms with Crippen LogP contribution in [0.15, 0.2) is 53.4 Å². The zero-order valence-electron chi connectivity index (χ0n) is 16.7. The van der Waals surface area contributed by atoms with E-state index in [1.807, 2.05) is 32.0 Å². The molecule has 0 radical (unpaired) electrons. The fourth-order valence-corrected chi connectivity index (χ4v) is 5.12. The van der Waals surface area contributed by atoms with Gasteiger partial charge in [-0.25, -0.2) is 0 Å². The molecular weight excluding hydrogens is 443 g/mol. The Morgan fingerprint density at radius 1 is 0.967 bits per heavy atom. The SMILES string of the molecule is COS(=O)(=O)c1ccc(C)cc1C1Cc2cc(C)cc(-c3cc(Cl)ccc3Cl)c2O1. The average Bonchev–Trinajstić information content (AvgIpc) is 3.13. The molecule has 4 nitrogen and oxygen atoms in total. The Morgan fingerprint density at radius 2 is 1.73 bits per heavy atom. The molecule has 0 saturated heterocycles. The molecule has 0 aromatic heterocycles. The molecule has 7 heteroatoms. The quantitative estimate of drug-likeness (QED) is 0.427. The summed E-state index contributed by atoms with van der Waals surface area (Å²) in [6.07, 6.45) is 0.0797. The molecule has 156 valence electrons.